The smallest absolute Gasteiger partial charge is 0.0220 e. The molecular formula is C17H35N3. The lowest BCUT2D eigenvalue weighted by Crippen LogP contribution is -2.46. The van der Waals surface area contributed by atoms with Crippen molar-refractivity contribution >= 4 is 0 Å². The summed E-state index contributed by atoms with van der Waals surface area (Å²) in [6.07, 6.45) is 5.52. The maximum absolute atomic E-state index is 3.76. The molecular weight excluding hydrogens is 246 g/mol. The third kappa shape index (κ3) is 3.75. The molecule has 2 fully saturated rings. The Morgan fingerprint density at radius 3 is 2.60 bits per heavy atom. The average Bonchev–Trinajstić information content (AvgIpc) is 2.88. The fourth-order valence-corrected chi connectivity index (χ4v) is 4.42. The largest absolute Gasteiger partial charge is 0.313 e. The van der Waals surface area contributed by atoms with Gasteiger partial charge >= 0.3 is 0 Å². The normalized spacial score (nSPS) is 34.2. The zero-order valence-corrected chi connectivity index (χ0v) is 14.3. The lowest BCUT2D eigenvalue weighted by Gasteiger charge is -2.34. The molecule has 0 amide bonds. The van der Waals surface area contributed by atoms with Crippen molar-refractivity contribution in [2.45, 2.75) is 58.5 Å². The summed E-state index contributed by atoms with van der Waals surface area (Å²) in [5.41, 5.74) is 0.464. The fraction of sp³-hybridized carbons (Fsp3) is 1.00. The number of rotatable bonds is 6. The Labute approximate surface area is 126 Å². The van der Waals surface area contributed by atoms with Crippen LogP contribution in [0.25, 0.3) is 0 Å². The van der Waals surface area contributed by atoms with Crippen molar-refractivity contribution in [1.29, 1.82) is 0 Å². The van der Waals surface area contributed by atoms with E-state index in [1.54, 1.807) is 0 Å². The molecule has 0 aromatic heterocycles. The van der Waals surface area contributed by atoms with E-state index in [9.17, 15) is 0 Å². The molecule has 0 radical (unpaired) electrons. The molecule has 20 heavy (non-hydrogen) atoms. The molecule has 3 unspecified atom stereocenters. The molecule has 118 valence electrons. The van der Waals surface area contributed by atoms with Crippen LogP contribution in [0.1, 0.15) is 46.5 Å². The van der Waals surface area contributed by atoms with Gasteiger partial charge in [-0.05, 0) is 64.2 Å². The first-order valence-corrected chi connectivity index (χ1v) is 8.56. The van der Waals surface area contributed by atoms with Gasteiger partial charge < -0.3 is 15.1 Å². The average molecular weight is 281 g/mol. The lowest BCUT2D eigenvalue weighted by atomic mass is 9.84. The first kappa shape index (κ1) is 16.3. The van der Waals surface area contributed by atoms with Crippen LogP contribution in [0.15, 0.2) is 0 Å². The summed E-state index contributed by atoms with van der Waals surface area (Å²) >= 11 is 0. The van der Waals surface area contributed by atoms with Gasteiger partial charge in [-0.2, -0.15) is 0 Å². The monoisotopic (exact) mass is 281 g/mol. The van der Waals surface area contributed by atoms with Crippen molar-refractivity contribution in [2.75, 3.05) is 40.3 Å². The zero-order valence-electron chi connectivity index (χ0n) is 14.3. The van der Waals surface area contributed by atoms with Gasteiger partial charge in [-0.3, -0.25) is 0 Å². The molecule has 3 heteroatoms. The van der Waals surface area contributed by atoms with E-state index >= 15 is 0 Å². The predicted molar refractivity (Wildman–Crippen MR) is 87.1 cm³/mol. The van der Waals surface area contributed by atoms with Crippen molar-refractivity contribution < 1.29 is 0 Å². The van der Waals surface area contributed by atoms with Crippen LogP contribution in [-0.2, 0) is 0 Å². The first-order chi connectivity index (χ1) is 9.44. The second-order valence-corrected chi connectivity index (χ2v) is 7.82. The van der Waals surface area contributed by atoms with E-state index in [2.05, 4.69) is 50.0 Å². The third-order valence-corrected chi connectivity index (χ3v) is 5.64. The highest BCUT2D eigenvalue weighted by molar-refractivity contribution is 4.97. The van der Waals surface area contributed by atoms with Crippen LogP contribution in [0, 0.1) is 11.3 Å². The van der Waals surface area contributed by atoms with Gasteiger partial charge in [0, 0.05) is 25.2 Å². The molecule has 0 aromatic rings. The molecule has 1 aliphatic carbocycles. The number of nitrogens with one attached hydrogen (secondary N) is 1. The van der Waals surface area contributed by atoms with Gasteiger partial charge in [0.05, 0.1) is 0 Å². The molecule has 1 saturated carbocycles. The molecule has 1 saturated heterocycles. The summed E-state index contributed by atoms with van der Waals surface area (Å²) in [7, 11) is 4.60. The minimum absolute atomic E-state index is 0.464. The number of likely N-dealkylation sites (N-methyl/N-ethyl adjacent to an activating group) is 2. The van der Waals surface area contributed by atoms with Gasteiger partial charge in [-0.15, -0.1) is 0 Å². The Morgan fingerprint density at radius 1 is 1.25 bits per heavy atom. The second-order valence-electron chi connectivity index (χ2n) is 7.82. The van der Waals surface area contributed by atoms with Crippen LogP contribution in [0.5, 0.6) is 0 Å². The predicted octanol–water partition coefficient (Wildman–Crippen LogP) is 2.43. The Morgan fingerprint density at radius 2 is 2.00 bits per heavy atom. The quantitative estimate of drug-likeness (QED) is 0.807. The van der Waals surface area contributed by atoms with Crippen molar-refractivity contribution in [3.05, 3.63) is 0 Å². The highest BCUT2D eigenvalue weighted by atomic mass is 15.2. The van der Waals surface area contributed by atoms with E-state index < -0.39 is 0 Å². The molecule has 0 spiro atoms. The second kappa shape index (κ2) is 6.76. The van der Waals surface area contributed by atoms with E-state index in [0.717, 1.165) is 18.5 Å². The topological polar surface area (TPSA) is 18.5 Å². The number of hydrogen-bond donors (Lipinski definition) is 1. The maximum Gasteiger partial charge on any atom is 0.0220 e. The first-order valence-electron chi connectivity index (χ1n) is 8.56. The van der Waals surface area contributed by atoms with Crippen molar-refractivity contribution in [1.82, 2.24) is 15.1 Å². The van der Waals surface area contributed by atoms with Crippen molar-refractivity contribution in [3.8, 4) is 0 Å². The number of likely N-dealkylation sites (tertiary alicyclic amines) is 1. The van der Waals surface area contributed by atoms with Gasteiger partial charge in [0.2, 0.25) is 0 Å². The van der Waals surface area contributed by atoms with E-state index in [0.29, 0.717) is 11.5 Å². The highest BCUT2D eigenvalue weighted by Crippen LogP contribution is 2.41. The summed E-state index contributed by atoms with van der Waals surface area (Å²) in [5.74, 6) is 0.821. The van der Waals surface area contributed by atoms with E-state index in [1.165, 1.54) is 45.3 Å². The van der Waals surface area contributed by atoms with Crippen molar-refractivity contribution in [3.63, 3.8) is 0 Å². The number of hydrogen-bond acceptors (Lipinski definition) is 3. The Balaban J connectivity index is 1.85. The van der Waals surface area contributed by atoms with Crippen LogP contribution in [-0.4, -0.2) is 62.2 Å². The Bertz CT molecular complexity index is 303. The lowest BCUT2D eigenvalue weighted by molar-refractivity contribution is 0.173. The van der Waals surface area contributed by atoms with Gasteiger partial charge in [0.1, 0.15) is 0 Å². The maximum atomic E-state index is 3.76. The molecule has 3 nitrogen and oxygen atoms in total. The van der Waals surface area contributed by atoms with Crippen LogP contribution in [0.2, 0.25) is 0 Å². The van der Waals surface area contributed by atoms with Crippen molar-refractivity contribution in [2.24, 2.45) is 11.3 Å². The minimum atomic E-state index is 0.464. The van der Waals surface area contributed by atoms with E-state index in [1.807, 2.05) is 0 Å². The summed E-state index contributed by atoms with van der Waals surface area (Å²) in [6.45, 7) is 12.0. The molecule has 3 atom stereocenters. The van der Waals surface area contributed by atoms with Gasteiger partial charge in [0.25, 0.3) is 0 Å². The molecule has 2 rings (SSSR count). The molecule has 0 aromatic carbocycles. The molecule has 0 bridgehead atoms. The Hall–Kier alpha value is -0.120. The summed E-state index contributed by atoms with van der Waals surface area (Å²) < 4.78 is 0. The zero-order chi connectivity index (χ0) is 14.8. The molecule has 1 heterocycles. The molecule has 1 aliphatic heterocycles. The van der Waals surface area contributed by atoms with Crippen LogP contribution in [0.4, 0.5) is 0 Å². The van der Waals surface area contributed by atoms with Gasteiger partial charge in [-0.1, -0.05) is 20.8 Å². The Kier molecular flexibility index (Phi) is 5.49. The van der Waals surface area contributed by atoms with Crippen LogP contribution < -0.4 is 5.32 Å². The van der Waals surface area contributed by atoms with Crippen LogP contribution >= 0.6 is 0 Å². The summed E-state index contributed by atoms with van der Waals surface area (Å²) in [6, 6.07) is 1.48. The number of nitrogens with zero attached hydrogens (tertiary/aromatic N) is 2. The van der Waals surface area contributed by atoms with Crippen LogP contribution in [0.3, 0.4) is 0 Å². The summed E-state index contributed by atoms with van der Waals surface area (Å²) in [4.78, 5) is 5.12. The summed E-state index contributed by atoms with van der Waals surface area (Å²) in [5, 5.41) is 3.76. The molecule has 1 N–H and O–H groups in total. The minimum Gasteiger partial charge on any atom is -0.313 e. The fourth-order valence-electron chi connectivity index (χ4n) is 4.42. The third-order valence-electron chi connectivity index (χ3n) is 5.64. The standard InChI is InChI=1S/C17H35N3/c1-6-18-16-14(9-10-17(16,2)3)12-19(4)13-15-8-7-11-20(15)5/h14-16,18H,6-13H2,1-5H3. The highest BCUT2D eigenvalue weighted by Gasteiger charge is 2.41. The van der Waals surface area contributed by atoms with E-state index in [-0.39, 0.29) is 0 Å². The molecule has 2 aliphatic rings. The SMILES string of the molecule is CCNC1C(CN(C)CC2CCCN2C)CCC1(C)C. The van der Waals surface area contributed by atoms with Gasteiger partial charge in [-0.25, -0.2) is 0 Å². The van der Waals surface area contributed by atoms with Gasteiger partial charge in [0.15, 0.2) is 0 Å². The van der Waals surface area contributed by atoms with E-state index in [4.69, 9.17) is 0 Å².